The van der Waals surface area contributed by atoms with E-state index in [1.165, 1.54) is 0 Å². The molecule has 0 spiro atoms. The van der Waals surface area contributed by atoms with Gasteiger partial charge in [0, 0.05) is 11.5 Å². The summed E-state index contributed by atoms with van der Waals surface area (Å²) in [4.78, 5) is 0. The smallest absolute Gasteiger partial charge is 0.258 e. The van der Waals surface area contributed by atoms with Gasteiger partial charge in [-0.1, -0.05) is 6.92 Å². The Balaban J connectivity index is 3.03. The second-order valence-corrected chi connectivity index (χ2v) is 4.55. The topological polar surface area (TPSA) is 45.0 Å². The number of rotatable bonds is 0. The van der Waals surface area contributed by atoms with Crippen molar-refractivity contribution in [2.75, 3.05) is 0 Å². The van der Waals surface area contributed by atoms with Crippen molar-refractivity contribution >= 4 is 17.4 Å². The predicted octanol–water partition coefficient (Wildman–Crippen LogP) is 1.59. The number of thiocarbonyl (C=S) groups is 1. The molecule has 1 heterocycles. The quantitative estimate of drug-likeness (QED) is 0.600. The minimum atomic E-state index is -0.814. The fourth-order valence-electron chi connectivity index (χ4n) is 1.49. The Morgan fingerprint density at radius 1 is 1.54 bits per heavy atom. The fourth-order valence-corrected chi connectivity index (χ4v) is 1.92. The van der Waals surface area contributed by atoms with E-state index in [0.717, 1.165) is 0 Å². The van der Waals surface area contributed by atoms with Gasteiger partial charge in [0.05, 0.1) is 0 Å². The van der Waals surface area contributed by atoms with Crippen LogP contribution in [0.5, 0.6) is 0 Å². The summed E-state index contributed by atoms with van der Waals surface area (Å²) in [7, 11) is 0. The number of hydrogen-bond donors (Lipinski definition) is 1. The van der Waals surface area contributed by atoms with Gasteiger partial charge in [0.2, 0.25) is 0 Å². The van der Waals surface area contributed by atoms with E-state index in [1.807, 2.05) is 20.8 Å². The highest BCUT2D eigenvalue weighted by molar-refractivity contribution is 7.80. The molecule has 0 bridgehead atoms. The molecule has 0 aromatic carbocycles. The molecule has 1 aliphatic rings. The van der Waals surface area contributed by atoms with Crippen LogP contribution in [0.15, 0.2) is 0 Å². The van der Waals surface area contributed by atoms with Crippen LogP contribution in [0.4, 0.5) is 0 Å². The molecule has 13 heavy (non-hydrogen) atoms. The first-order valence-corrected chi connectivity index (χ1v) is 4.65. The predicted molar refractivity (Wildman–Crippen MR) is 54.1 cm³/mol. The van der Waals surface area contributed by atoms with Crippen LogP contribution < -0.4 is 5.32 Å². The lowest BCUT2D eigenvalue weighted by molar-refractivity contribution is 0.00228. The zero-order chi connectivity index (χ0) is 10.3. The molecule has 0 aromatic heterocycles. The van der Waals surface area contributed by atoms with E-state index in [0.29, 0.717) is 5.17 Å². The maximum Gasteiger partial charge on any atom is 0.258 e. The van der Waals surface area contributed by atoms with Gasteiger partial charge in [-0.25, -0.2) is 0 Å². The molecule has 0 aromatic rings. The van der Waals surface area contributed by atoms with Gasteiger partial charge < -0.3 is 10.1 Å². The Bertz CT molecular complexity index is 282. The van der Waals surface area contributed by atoms with Crippen molar-refractivity contribution in [3.05, 3.63) is 0 Å². The first-order chi connectivity index (χ1) is 5.82. The van der Waals surface area contributed by atoms with Crippen molar-refractivity contribution in [1.82, 2.24) is 5.32 Å². The van der Waals surface area contributed by atoms with Crippen molar-refractivity contribution in [2.24, 2.45) is 5.92 Å². The summed E-state index contributed by atoms with van der Waals surface area (Å²) in [6, 6.07) is 2.17. The molecule has 1 rings (SSSR count). The molecule has 0 aliphatic carbocycles. The first-order valence-electron chi connectivity index (χ1n) is 4.24. The van der Waals surface area contributed by atoms with Gasteiger partial charge in [0.25, 0.3) is 5.17 Å². The van der Waals surface area contributed by atoms with Crippen LogP contribution in [0.2, 0.25) is 0 Å². The van der Waals surface area contributed by atoms with E-state index >= 15 is 0 Å². The molecule has 1 aliphatic heterocycles. The molecule has 1 fully saturated rings. The zero-order valence-electron chi connectivity index (χ0n) is 8.34. The van der Waals surface area contributed by atoms with Gasteiger partial charge >= 0.3 is 0 Å². The van der Waals surface area contributed by atoms with Crippen molar-refractivity contribution < 1.29 is 4.74 Å². The van der Waals surface area contributed by atoms with Gasteiger partial charge in [-0.15, -0.1) is 0 Å². The molecule has 1 N–H and O–H groups in total. The van der Waals surface area contributed by atoms with Crippen molar-refractivity contribution in [3.63, 3.8) is 0 Å². The molecule has 3 nitrogen and oxygen atoms in total. The molecule has 1 saturated heterocycles. The highest BCUT2D eigenvalue weighted by Gasteiger charge is 2.47. The minimum absolute atomic E-state index is 0.0803. The molecule has 2 atom stereocenters. The average molecular weight is 198 g/mol. The second-order valence-electron chi connectivity index (χ2n) is 4.18. The fraction of sp³-hybridized carbons (Fsp3) is 0.778. The highest BCUT2D eigenvalue weighted by atomic mass is 32.1. The van der Waals surface area contributed by atoms with Crippen molar-refractivity contribution in [1.29, 1.82) is 5.26 Å². The largest absolute Gasteiger partial charge is 0.449 e. The summed E-state index contributed by atoms with van der Waals surface area (Å²) >= 11 is 4.94. The van der Waals surface area contributed by atoms with Crippen LogP contribution in [0, 0.1) is 17.2 Å². The summed E-state index contributed by atoms with van der Waals surface area (Å²) in [5.74, 6) is 0.0803. The van der Waals surface area contributed by atoms with Crippen LogP contribution in [0.3, 0.4) is 0 Å². The van der Waals surface area contributed by atoms with Crippen LogP contribution in [0.25, 0.3) is 0 Å². The van der Waals surface area contributed by atoms with Gasteiger partial charge in [-0.3, -0.25) is 0 Å². The van der Waals surface area contributed by atoms with Gasteiger partial charge in [0.1, 0.15) is 6.07 Å². The Labute approximate surface area is 84.1 Å². The van der Waals surface area contributed by atoms with Crippen LogP contribution >= 0.6 is 12.2 Å². The minimum Gasteiger partial charge on any atom is -0.449 e. The van der Waals surface area contributed by atoms with Gasteiger partial charge in [0.15, 0.2) is 5.60 Å². The third kappa shape index (κ3) is 1.61. The molecule has 4 heteroatoms. The van der Waals surface area contributed by atoms with E-state index in [-0.39, 0.29) is 11.5 Å². The summed E-state index contributed by atoms with van der Waals surface area (Å²) in [5.41, 5.74) is -1.01. The van der Waals surface area contributed by atoms with Crippen LogP contribution in [0.1, 0.15) is 27.7 Å². The summed E-state index contributed by atoms with van der Waals surface area (Å²) in [6.45, 7) is 7.79. The number of nitrogens with one attached hydrogen (secondary N) is 1. The number of nitrogens with zero attached hydrogens (tertiary/aromatic N) is 1. The lowest BCUT2D eigenvalue weighted by Gasteiger charge is -2.46. The Morgan fingerprint density at radius 2 is 2.08 bits per heavy atom. The third-order valence-electron chi connectivity index (χ3n) is 2.86. The Morgan fingerprint density at radius 3 is 2.54 bits per heavy atom. The lowest BCUT2D eigenvalue weighted by atomic mass is 9.76. The standard InChI is InChI=1S/C9H14N2OS/c1-6-8(2,3)11-7(13)12-9(6,4)5-10/h6H,1-4H3,(H,11,13). The number of nitriles is 1. The first kappa shape index (κ1) is 10.3. The van der Waals surface area contributed by atoms with Gasteiger partial charge in [-0.05, 0) is 33.0 Å². The molecule has 0 amide bonds. The zero-order valence-corrected chi connectivity index (χ0v) is 9.16. The van der Waals surface area contributed by atoms with Crippen molar-refractivity contribution in [2.45, 2.75) is 38.8 Å². The summed E-state index contributed by atoms with van der Waals surface area (Å²) in [5, 5.41) is 12.4. The molecule has 0 radical (unpaired) electrons. The van der Waals surface area contributed by atoms with Crippen LogP contribution in [-0.4, -0.2) is 16.3 Å². The SMILES string of the molecule is CC1C(C)(C)NC(=S)OC1(C)C#N. The van der Waals surface area contributed by atoms with E-state index < -0.39 is 5.60 Å². The van der Waals surface area contributed by atoms with Crippen LogP contribution in [-0.2, 0) is 4.74 Å². The highest BCUT2D eigenvalue weighted by Crippen LogP contribution is 2.34. The summed E-state index contributed by atoms with van der Waals surface area (Å²) in [6.07, 6.45) is 0. The molecular formula is C9H14N2OS. The third-order valence-corrected chi connectivity index (χ3v) is 3.05. The van der Waals surface area contributed by atoms with Crippen molar-refractivity contribution in [3.8, 4) is 6.07 Å². The Kier molecular flexibility index (Phi) is 2.25. The maximum atomic E-state index is 9.01. The molecule has 2 unspecified atom stereocenters. The Hall–Kier alpha value is -0.820. The second kappa shape index (κ2) is 2.85. The lowest BCUT2D eigenvalue weighted by Crippen LogP contribution is -2.62. The van der Waals surface area contributed by atoms with E-state index in [2.05, 4.69) is 11.4 Å². The van der Waals surface area contributed by atoms with E-state index in [9.17, 15) is 0 Å². The number of hydrogen-bond acceptors (Lipinski definition) is 3. The van der Waals surface area contributed by atoms with Gasteiger partial charge in [-0.2, -0.15) is 5.26 Å². The number of ether oxygens (including phenoxy) is 1. The van der Waals surface area contributed by atoms with E-state index in [1.54, 1.807) is 6.92 Å². The monoisotopic (exact) mass is 198 g/mol. The van der Waals surface area contributed by atoms with E-state index in [4.69, 9.17) is 22.2 Å². The molecular weight excluding hydrogens is 184 g/mol. The molecule has 72 valence electrons. The maximum absolute atomic E-state index is 9.01. The summed E-state index contributed by atoms with van der Waals surface area (Å²) < 4.78 is 5.33. The normalized spacial score (nSPS) is 37.2. The average Bonchev–Trinajstić information content (AvgIpc) is 1.99. The molecule has 0 saturated carbocycles.